The monoisotopic (exact) mass is 183 g/mol. The molecule has 0 saturated heterocycles. The van der Waals surface area contributed by atoms with Crippen LogP contribution in [-0.2, 0) is 13.5 Å². The largest absolute Gasteiger partial charge is 0.369 e. The third-order valence-electron chi connectivity index (χ3n) is 1.41. The summed E-state index contributed by atoms with van der Waals surface area (Å²) in [7, 11) is 1.82. The molecule has 0 spiro atoms. The number of aliphatic imine (C=N–C) groups is 1. The summed E-state index contributed by atoms with van der Waals surface area (Å²) in [5.41, 5.74) is 7.55. The number of aromatic nitrogens is 3. The Morgan fingerprint density at radius 1 is 1.77 bits per heavy atom. The molecule has 0 fully saturated rings. The predicted molar refractivity (Wildman–Crippen MR) is 48.5 cm³/mol. The molecule has 5 N–H and O–H groups in total. The number of hydrazine groups is 1. The highest BCUT2D eigenvalue weighted by Crippen LogP contribution is 1.89. The number of nitrogens with one attached hydrogen (secondary N) is 1. The van der Waals surface area contributed by atoms with Crippen LogP contribution in [0.4, 0.5) is 0 Å². The van der Waals surface area contributed by atoms with E-state index in [0.717, 1.165) is 5.82 Å². The van der Waals surface area contributed by atoms with Crippen LogP contribution >= 0.6 is 0 Å². The molecular weight excluding hydrogens is 170 g/mol. The molecule has 13 heavy (non-hydrogen) atoms. The molecule has 0 atom stereocenters. The first kappa shape index (κ1) is 9.46. The van der Waals surface area contributed by atoms with Crippen molar-refractivity contribution in [2.24, 2.45) is 23.6 Å². The predicted octanol–water partition coefficient (Wildman–Crippen LogP) is -1.86. The van der Waals surface area contributed by atoms with Crippen molar-refractivity contribution in [3.63, 3.8) is 0 Å². The highest BCUT2D eigenvalue weighted by Gasteiger charge is 1.96. The lowest BCUT2D eigenvalue weighted by atomic mass is 10.4. The number of hydrogen-bond donors (Lipinski definition) is 3. The van der Waals surface area contributed by atoms with Gasteiger partial charge in [0.15, 0.2) is 5.82 Å². The van der Waals surface area contributed by atoms with Gasteiger partial charge in [-0.2, -0.15) is 5.10 Å². The van der Waals surface area contributed by atoms with Crippen molar-refractivity contribution in [2.45, 2.75) is 6.42 Å². The summed E-state index contributed by atoms with van der Waals surface area (Å²) >= 11 is 0. The Labute approximate surface area is 75.8 Å². The Kier molecular flexibility index (Phi) is 3.21. The maximum absolute atomic E-state index is 5.31. The first-order chi connectivity index (χ1) is 6.22. The van der Waals surface area contributed by atoms with Gasteiger partial charge in [-0.05, 0) is 0 Å². The van der Waals surface area contributed by atoms with Gasteiger partial charge >= 0.3 is 0 Å². The van der Waals surface area contributed by atoms with E-state index in [2.05, 4.69) is 20.5 Å². The van der Waals surface area contributed by atoms with Crippen molar-refractivity contribution in [3.05, 3.63) is 12.2 Å². The molecular formula is C6H13N7. The third kappa shape index (κ3) is 3.08. The standard InChI is InChI=1S/C6H13N7/c1-13-4-10-5(12-13)2-3-9-6(7)11-8/h4H,2-3,8H2,1H3,(H3,7,9,11). The fraction of sp³-hybridized carbons (Fsp3) is 0.500. The Morgan fingerprint density at radius 2 is 2.54 bits per heavy atom. The average molecular weight is 183 g/mol. The van der Waals surface area contributed by atoms with Crippen molar-refractivity contribution in [3.8, 4) is 0 Å². The van der Waals surface area contributed by atoms with Crippen molar-refractivity contribution < 1.29 is 0 Å². The van der Waals surface area contributed by atoms with Crippen LogP contribution in [0.5, 0.6) is 0 Å². The zero-order valence-corrected chi connectivity index (χ0v) is 7.44. The minimum atomic E-state index is 0.218. The Balaban J connectivity index is 2.35. The molecule has 0 aliphatic heterocycles. The van der Waals surface area contributed by atoms with Crippen LogP contribution in [-0.4, -0.2) is 27.3 Å². The number of aryl methyl sites for hydroxylation is 1. The second-order valence-corrected chi connectivity index (χ2v) is 2.50. The molecule has 0 unspecified atom stereocenters. The van der Waals surface area contributed by atoms with E-state index in [0.29, 0.717) is 13.0 Å². The van der Waals surface area contributed by atoms with Gasteiger partial charge in [-0.1, -0.05) is 0 Å². The highest BCUT2D eigenvalue weighted by atomic mass is 15.3. The summed E-state index contributed by atoms with van der Waals surface area (Å²) in [5.74, 6) is 5.98. The summed E-state index contributed by atoms with van der Waals surface area (Å²) in [5, 5.41) is 4.08. The van der Waals surface area contributed by atoms with Crippen molar-refractivity contribution >= 4 is 5.96 Å². The zero-order chi connectivity index (χ0) is 9.68. The quantitative estimate of drug-likeness (QED) is 0.220. The third-order valence-corrected chi connectivity index (χ3v) is 1.41. The molecule has 0 saturated carbocycles. The molecule has 1 heterocycles. The van der Waals surface area contributed by atoms with Crippen molar-refractivity contribution in [1.29, 1.82) is 0 Å². The van der Waals surface area contributed by atoms with Crippen LogP contribution in [0, 0.1) is 0 Å². The summed E-state index contributed by atoms with van der Waals surface area (Å²) in [6, 6.07) is 0. The lowest BCUT2D eigenvalue weighted by molar-refractivity contribution is 0.738. The van der Waals surface area contributed by atoms with E-state index in [1.165, 1.54) is 0 Å². The first-order valence-electron chi connectivity index (χ1n) is 3.83. The van der Waals surface area contributed by atoms with Gasteiger partial charge in [0.05, 0.1) is 0 Å². The fourth-order valence-corrected chi connectivity index (χ4v) is 0.820. The normalized spacial score (nSPS) is 11.7. The van der Waals surface area contributed by atoms with Crippen molar-refractivity contribution in [1.82, 2.24) is 20.2 Å². The molecule has 1 aromatic rings. The van der Waals surface area contributed by atoms with E-state index in [9.17, 15) is 0 Å². The first-order valence-corrected chi connectivity index (χ1v) is 3.83. The fourth-order valence-electron chi connectivity index (χ4n) is 0.820. The van der Waals surface area contributed by atoms with Crippen LogP contribution < -0.4 is 17.0 Å². The minimum absolute atomic E-state index is 0.218. The smallest absolute Gasteiger partial charge is 0.203 e. The topological polar surface area (TPSA) is 107 Å². The minimum Gasteiger partial charge on any atom is -0.369 e. The Bertz CT molecular complexity index is 289. The number of nitrogens with zero attached hydrogens (tertiary/aromatic N) is 4. The molecule has 72 valence electrons. The molecule has 1 rings (SSSR count). The number of hydrogen-bond acceptors (Lipinski definition) is 4. The molecule has 0 aromatic carbocycles. The molecule has 0 bridgehead atoms. The Hall–Kier alpha value is -1.63. The second-order valence-electron chi connectivity index (χ2n) is 2.50. The number of guanidine groups is 1. The molecule has 0 aliphatic carbocycles. The van der Waals surface area contributed by atoms with Crippen LogP contribution in [0.25, 0.3) is 0 Å². The molecule has 7 heteroatoms. The van der Waals surface area contributed by atoms with Crippen LogP contribution in [0.3, 0.4) is 0 Å². The van der Waals surface area contributed by atoms with Gasteiger partial charge in [0.2, 0.25) is 5.96 Å². The van der Waals surface area contributed by atoms with Gasteiger partial charge in [0.1, 0.15) is 6.33 Å². The molecule has 7 nitrogen and oxygen atoms in total. The van der Waals surface area contributed by atoms with E-state index >= 15 is 0 Å². The molecule has 0 radical (unpaired) electrons. The number of nitrogens with two attached hydrogens (primary N) is 2. The van der Waals surface area contributed by atoms with Gasteiger partial charge < -0.3 is 5.73 Å². The summed E-state index contributed by atoms with van der Waals surface area (Å²) < 4.78 is 1.64. The van der Waals surface area contributed by atoms with Gasteiger partial charge in [-0.3, -0.25) is 15.1 Å². The van der Waals surface area contributed by atoms with Crippen LogP contribution in [0.1, 0.15) is 5.82 Å². The van der Waals surface area contributed by atoms with Crippen LogP contribution in [0.2, 0.25) is 0 Å². The highest BCUT2D eigenvalue weighted by molar-refractivity contribution is 5.77. The molecule has 0 aliphatic rings. The summed E-state index contributed by atoms with van der Waals surface area (Å²) in [6.07, 6.45) is 2.30. The average Bonchev–Trinajstić information content (AvgIpc) is 2.51. The maximum atomic E-state index is 5.31. The van der Waals surface area contributed by atoms with Crippen LogP contribution in [0.15, 0.2) is 11.3 Å². The SMILES string of the molecule is Cn1cnc(CCN=C(N)NN)n1. The van der Waals surface area contributed by atoms with Crippen molar-refractivity contribution in [2.75, 3.05) is 6.54 Å². The van der Waals surface area contributed by atoms with E-state index in [1.54, 1.807) is 11.0 Å². The number of rotatable bonds is 3. The van der Waals surface area contributed by atoms with E-state index in [4.69, 9.17) is 11.6 Å². The molecule has 0 amide bonds. The zero-order valence-electron chi connectivity index (χ0n) is 7.44. The van der Waals surface area contributed by atoms with E-state index in [1.807, 2.05) is 7.05 Å². The maximum Gasteiger partial charge on any atom is 0.203 e. The summed E-state index contributed by atoms with van der Waals surface area (Å²) in [6.45, 7) is 0.528. The van der Waals surface area contributed by atoms with Gasteiger partial charge in [0.25, 0.3) is 0 Å². The lowest BCUT2D eigenvalue weighted by Crippen LogP contribution is -2.37. The lowest BCUT2D eigenvalue weighted by Gasteiger charge is -1.96. The van der Waals surface area contributed by atoms with E-state index in [-0.39, 0.29) is 5.96 Å². The second kappa shape index (κ2) is 4.41. The van der Waals surface area contributed by atoms with Gasteiger partial charge in [-0.15, -0.1) is 0 Å². The Morgan fingerprint density at radius 3 is 3.08 bits per heavy atom. The van der Waals surface area contributed by atoms with E-state index < -0.39 is 0 Å². The summed E-state index contributed by atoms with van der Waals surface area (Å²) in [4.78, 5) is 7.94. The van der Waals surface area contributed by atoms with Gasteiger partial charge in [-0.25, -0.2) is 10.8 Å². The van der Waals surface area contributed by atoms with Gasteiger partial charge in [0, 0.05) is 20.0 Å². The molecule has 1 aromatic heterocycles.